The van der Waals surface area contributed by atoms with E-state index >= 15 is 0 Å². The molecule has 19 nitrogen and oxygen atoms in total. The number of hydrogen-bond acceptors (Lipinski definition) is 15. The molecule has 6 heterocycles. The minimum atomic E-state index is -0.442. The van der Waals surface area contributed by atoms with Crippen LogP contribution in [0.1, 0.15) is 57.5 Å². The van der Waals surface area contributed by atoms with Crippen LogP contribution in [0.3, 0.4) is 0 Å². The van der Waals surface area contributed by atoms with E-state index in [0.717, 1.165) is 45.6 Å². The van der Waals surface area contributed by atoms with Crippen molar-refractivity contribution >= 4 is 76.6 Å². The fourth-order valence-corrected chi connectivity index (χ4v) is 10.4. The number of unbranched alkanes of at least 4 members (excludes halogenated alkanes) is 2. The summed E-state index contributed by atoms with van der Waals surface area (Å²) in [6.07, 6.45) is 11.8. The molecule has 0 bridgehead atoms. The van der Waals surface area contributed by atoms with Crippen molar-refractivity contribution in [1.29, 1.82) is 0 Å². The number of tetrazole rings is 2. The summed E-state index contributed by atoms with van der Waals surface area (Å²) in [7, 11) is 1.00. The molecule has 14 rings (SSSR count). The third-order valence-corrected chi connectivity index (χ3v) is 14.1. The van der Waals surface area contributed by atoms with Gasteiger partial charge in [0.1, 0.15) is 0 Å². The van der Waals surface area contributed by atoms with E-state index in [-0.39, 0.29) is 28.7 Å². The molecule has 14 aromatic rings. The predicted octanol–water partition coefficient (Wildman–Crippen LogP) is 9.91. The number of aliphatic hydroxyl groups excluding tert-OH is 1. The molecule has 81 heavy (non-hydrogen) atoms. The van der Waals surface area contributed by atoms with Crippen molar-refractivity contribution in [3.8, 4) is 34.7 Å². The molecule has 400 valence electrons. The average molecular weight is 1110 g/mol. The first kappa shape index (κ1) is 53.1. The summed E-state index contributed by atoms with van der Waals surface area (Å²) < 4.78 is 14.4. The minimum absolute atomic E-state index is 0. The van der Waals surface area contributed by atoms with Crippen LogP contribution < -0.4 is 10.4 Å². The fraction of sp³-hybridized carbons (Fsp3) is 0.148. The van der Waals surface area contributed by atoms with E-state index in [1.54, 1.807) is 70.5 Å². The first-order valence-electron chi connectivity index (χ1n) is 26.0. The summed E-state index contributed by atoms with van der Waals surface area (Å²) >= 11 is 0. The SMILES string of the molecule is CO.O=C(OCCCCc1ccc2ccc3cccc4ccc1c2c34)c1cc(-c2nn[n-]n2)nc(-n2cccn2)c1.O=C(OCCCCc1ccc2ccc3cccc4ccc1c2c34)c1cc(-c2nn[n-]n2)nc(-n2cccn2)c1.[Fe+2]. The van der Waals surface area contributed by atoms with Gasteiger partial charge in [-0.2, -0.15) is 10.2 Å². The van der Waals surface area contributed by atoms with Crippen LogP contribution in [0.15, 0.2) is 170 Å². The van der Waals surface area contributed by atoms with Gasteiger partial charge in [0.05, 0.1) is 47.4 Å². The molecule has 0 aliphatic rings. The Morgan fingerprint density at radius 2 is 0.877 bits per heavy atom. The second-order valence-electron chi connectivity index (χ2n) is 18.9. The molecule has 6 aromatic heterocycles. The quantitative estimate of drug-likeness (QED) is 0.0410. The van der Waals surface area contributed by atoms with Crippen LogP contribution in [0, 0.1) is 0 Å². The Hall–Kier alpha value is -9.88. The van der Waals surface area contributed by atoms with Gasteiger partial charge in [0.25, 0.3) is 0 Å². The van der Waals surface area contributed by atoms with E-state index in [1.165, 1.54) is 75.8 Å². The maximum absolute atomic E-state index is 12.9. The molecule has 20 heteroatoms. The molecule has 0 saturated heterocycles. The van der Waals surface area contributed by atoms with E-state index in [1.807, 2.05) is 0 Å². The zero-order valence-corrected chi connectivity index (χ0v) is 44.6. The average Bonchev–Trinajstić information content (AvgIpc) is 4.43. The number of nitrogens with zero attached hydrogens (tertiary/aromatic N) is 14. The van der Waals surface area contributed by atoms with Crippen LogP contribution in [0.5, 0.6) is 0 Å². The number of benzene rings is 8. The van der Waals surface area contributed by atoms with E-state index in [2.05, 4.69) is 171 Å². The molecule has 0 unspecified atom stereocenters. The third kappa shape index (κ3) is 11.0. The number of hydrogen-bond donors (Lipinski definition) is 1. The number of aliphatic hydroxyl groups is 1. The van der Waals surface area contributed by atoms with Crippen molar-refractivity contribution in [1.82, 2.24) is 70.8 Å². The Labute approximate surface area is 472 Å². The number of carbonyl (C=O) groups excluding carboxylic acids is 2. The second kappa shape index (κ2) is 24.0. The van der Waals surface area contributed by atoms with E-state index in [0.29, 0.717) is 47.4 Å². The smallest absolute Gasteiger partial charge is 0.462 e. The Bertz CT molecular complexity index is 3990. The molecule has 0 aliphatic carbocycles. The maximum atomic E-state index is 12.9. The van der Waals surface area contributed by atoms with Crippen LogP contribution in [0.2, 0.25) is 0 Å². The van der Waals surface area contributed by atoms with Crippen LogP contribution >= 0.6 is 0 Å². The van der Waals surface area contributed by atoms with Crippen molar-refractivity contribution in [3.63, 3.8) is 0 Å². The molecular weight excluding hydrogens is 1060 g/mol. The zero-order valence-electron chi connectivity index (χ0n) is 43.5. The standard InChI is InChI=1S/2C30H22N7O2.CH4O.Fe/c2*38-30(23-17-25(29-33-35-36-34-29)32-26(18-23)37-15-4-14-31-37)39-16-2-1-5-19-8-9-22-11-10-20-6-3-7-21-12-13-24(19)28(22)27(20)21;1-2;/h2*3-4,6-15,17-18H,1-2,5,16H2;2H,1H3;/q2*-1;;+2. The van der Waals surface area contributed by atoms with Gasteiger partial charge in [-0.15, -0.1) is 0 Å². The van der Waals surface area contributed by atoms with Crippen LogP contribution in [0.4, 0.5) is 0 Å². The van der Waals surface area contributed by atoms with E-state index < -0.39 is 11.9 Å². The number of carbonyl (C=O) groups is 2. The minimum Gasteiger partial charge on any atom is -0.462 e. The molecule has 0 amide bonds. The molecule has 0 aliphatic heterocycles. The molecular formula is C61H48FeN14O5. The maximum Gasteiger partial charge on any atom is 2.00 e. The van der Waals surface area contributed by atoms with Gasteiger partial charge in [-0.25, -0.2) is 39.1 Å². The predicted molar refractivity (Wildman–Crippen MR) is 302 cm³/mol. The van der Waals surface area contributed by atoms with Crippen molar-refractivity contribution in [3.05, 3.63) is 193 Å². The monoisotopic (exact) mass is 1110 g/mol. The Kier molecular flexibility index (Phi) is 15.8. The van der Waals surface area contributed by atoms with Crippen LogP contribution in [0.25, 0.3) is 99.3 Å². The van der Waals surface area contributed by atoms with Gasteiger partial charge in [-0.05, 0) is 151 Å². The van der Waals surface area contributed by atoms with Crippen molar-refractivity contribution in [2.24, 2.45) is 0 Å². The molecule has 0 atom stereocenters. The number of esters is 2. The summed E-state index contributed by atoms with van der Waals surface area (Å²) in [6, 6.07) is 49.4. The molecule has 0 spiro atoms. The Balaban J connectivity index is 0.000000163. The molecule has 0 fully saturated rings. The Morgan fingerprint density at radius 3 is 1.26 bits per heavy atom. The number of rotatable bonds is 16. The second-order valence-corrected chi connectivity index (χ2v) is 18.9. The van der Waals surface area contributed by atoms with Gasteiger partial charge in [0, 0.05) is 31.9 Å². The van der Waals surface area contributed by atoms with Gasteiger partial charge >= 0.3 is 29.0 Å². The number of aromatic nitrogens is 14. The molecule has 0 radical (unpaired) electrons. The summed E-state index contributed by atoms with van der Waals surface area (Å²) in [4.78, 5) is 34.9. The number of ether oxygens (including phenoxy) is 2. The normalized spacial score (nSPS) is 11.2. The van der Waals surface area contributed by atoms with Crippen molar-refractivity contribution < 1.29 is 41.2 Å². The summed E-state index contributed by atoms with van der Waals surface area (Å²) in [5, 5.41) is 60.4. The number of aryl methyl sites for hydroxylation is 2. The summed E-state index contributed by atoms with van der Waals surface area (Å²) in [5.41, 5.74) is 4.03. The largest absolute Gasteiger partial charge is 2.00 e. The van der Waals surface area contributed by atoms with Crippen molar-refractivity contribution in [2.45, 2.75) is 38.5 Å². The zero-order chi connectivity index (χ0) is 54.4. The van der Waals surface area contributed by atoms with Crippen LogP contribution in [-0.4, -0.2) is 97.7 Å². The first-order chi connectivity index (χ1) is 39.5. The van der Waals surface area contributed by atoms with E-state index in [4.69, 9.17) is 14.6 Å². The molecule has 1 N–H and O–H groups in total. The summed E-state index contributed by atoms with van der Waals surface area (Å²) in [6.45, 7) is 0.630. The van der Waals surface area contributed by atoms with Gasteiger partial charge < -0.3 is 24.8 Å². The Morgan fingerprint density at radius 1 is 0.481 bits per heavy atom. The first-order valence-corrected chi connectivity index (χ1v) is 26.0. The molecule has 8 aromatic carbocycles. The van der Waals surface area contributed by atoms with Crippen LogP contribution in [-0.2, 0) is 39.4 Å². The van der Waals surface area contributed by atoms with Gasteiger partial charge in [0.15, 0.2) is 11.6 Å². The topological polar surface area (TPSA) is 240 Å². The summed E-state index contributed by atoms with van der Waals surface area (Å²) in [5.74, 6) is 0.466. The van der Waals surface area contributed by atoms with Gasteiger partial charge in [0.2, 0.25) is 0 Å². The number of pyridine rings is 2. The fourth-order valence-electron chi connectivity index (χ4n) is 10.4. The molecule has 0 saturated carbocycles. The van der Waals surface area contributed by atoms with Crippen molar-refractivity contribution in [2.75, 3.05) is 20.3 Å². The van der Waals surface area contributed by atoms with E-state index in [9.17, 15) is 9.59 Å². The van der Waals surface area contributed by atoms with Gasteiger partial charge in [-0.3, -0.25) is 20.9 Å². The third-order valence-electron chi connectivity index (χ3n) is 14.1. The van der Waals surface area contributed by atoms with Gasteiger partial charge in [-0.1, -0.05) is 109 Å².